The van der Waals surface area contributed by atoms with Gasteiger partial charge in [-0.25, -0.2) is 4.39 Å². The quantitative estimate of drug-likeness (QED) is 0.717. The number of piperazine rings is 1. The van der Waals surface area contributed by atoms with Gasteiger partial charge in [0.1, 0.15) is 5.82 Å². The molecule has 1 N–H and O–H groups in total. The van der Waals surface area contributed by atoms with E-state index < -0.39 is 0 Å². The molecule has 3 heterocycles. The molecule has 2 aromatic carbocycles. The molecule has 138 valence electrons. The Labute approximate surface area is 157 Å². The van der Waals surface area contributed by atoms with Crippen molar-refractivity contribution in [1.82, 2.24) is 14.8 Å². The molecule has 0 bridgehead atoms. The van der Waals surface area contributed by atoms with E-state index in [2.05, 4.69) is 34.1 Å². The van der Waals surface area contributed by atoms with Gasteiger partial charge in [-0.15, -0.1) is 0 Å². The van der Waals surface area contributed by atoms with Crippen LogP contribution in [0.25, 0.3) is 10.9 Å². The molecule has 1 saturated heterocycles. The number of benzene rings is 2. The highest BCUT2D eigenvalue weighted by molar-refractivity contribution is 6.08. The van der Waals surface area contributed by atoms with E-state index >= 15 is 0 Å². The SMILES string of the molecule is Cc1[nH]c2ccc(F)cc2c1C(=O)N1CCN2CCc3ccccc3C2C1. The Morgan fingerprint density at radius 1 is 1.15 bits per heavy atom. The van der Waals surface area contributed by atoms with Crippen molar-refractivity contribution in [2.75, 3.05) is 26.2 Å². The highest BCUT2D eigenvalue weighted by Gasteiger charge is 2.35. The van der Waals surface area contributed by atoms with Gasteiger partial charge in [0.2, 0.25) is 0 Å². The number of carbonyl (C=O) groups is 1. The molecule has 0 aliphatic carbocycles. The van der Waals surface area contributed by atoms with Crippen LogP contribution in [-0.4, -0.2) is 46.9 Å². The minimum atomic E-state index is -0.318. The van der Waals surface area contributed by atoms with Crippen molar-refractivity contribution in [2.45, 2.75) is 19.4 Å². The predicted molar refractivity (Wildman–Crippen MR) is 103 cm³/mol. The molecule has 1 atom stereocenters. The summed E-state index contributed by atoms with van der Waals surface area (Å²) in [5.74, 6) is -0.325. The number of carbonyl (C=O) groups excluding carboxylic acids is 1. The summed E-state index contributed by atoms with van der Waals surface area (Å²) >= 11 is 0. The van der Waals surface area contributed by atoms with Crippen molar-refractivity contribution in [1.29, 1.82) is 0 Å². The maximum Gasteiger partial charge on any atom is 0.256 e. The number of amides is 1. The number of rotatable bonds is 1. The van der Waals surface area contributed by atoms with Crippen LogP contribution in [0.15, 0.2) is 42.5 Å². The molecule has 1 fully saturated rings. The van der Waals surface area contributed by atoms with Gasteiger partial charge in [0.05, 0.1) is 11.6 Å². The fourth-order valence-corrected chi connectivity index (χ4v) is 4.65. The smallest absolute Gasteiger partial charge is 0.256 e. The molecule has 5 rings (SSSR count). The number of halogens is 1. The zero-order valence-electron chi connectivity index (χ0n) is 15.3. The zero-order valence-corrected chi connectivity index (χ0v) is 15.3. The van der Waals surface area contributed by atoms with Gasteiger partial charge in [-0.3, -0.25) is 9.69 Å². The third kappa shape index (κ3) is 2.65. The molecule has 5 heteroatoms. The van der Waals surface area contributed by atoms with E-state index in [9.17, 15) is 9.18 Å². The molecule has 2 aliphatic rings. The summed E-state index contributed by atoms with van der Waals surface area (Å²) in [4.78, 5) is 21.0. The van der Waals surface area contributed by atoms with Gasteiger partial charge in [-0.2, -0.15) is 0 Å². The van der Waals surface area contributed by atoms with Gasteiger partial charge >= 0.3 is 0 Å². The molecule has 3 aromatic rings. The Bertz CT molecular complexity index is 1040. The second-order valence-electron chi connectivity index (χ2n) is 7.57. The first-order valence-electron chi connectivity index (χ1n) is 9.51. The van der Waals surface area contributed by atoms with Gasteiger partial charge in [0.15, 0.2) is 0 Å². The first-order valence-corrected chi connectivity index (χ1v) is 9.51. The van der Waals surface area contributed by atoms with Gasteiger partial charge in [0, 0.05) is 42.8 Å². The number of nitrogens with zero attached hydrogens (tertiary/aromatic N) is 2. The summed E-state index contributed by atoms with van der Waals surface area (Å²) in [6, 6.07) is 13.4. The van der Waals surface area contributed by atoms with Gasteiger partial charge in [-0.1, -0.05) is 24.3 Å². The molecular weight excluding hydrogens is 341 g/mol. The average Bonchev–Trinajstić information content (AvgIpc) is 3.01. The summed E-state index contributed by atoms with van der Waals surface area (Å²) in [5.41, 5.74) is 4.93. The lowest BCUT2D eigenvalue weighted by molar-refractivity contribution is 0.0455. The van der Waals surface area contributed by atoms with E-state index in [0.717, 1.165) is 30.7 Å². The van der Waals surface area contributed by atoms with E-state index in [1.807, 2.05) is 11.8 Å². The van der Waals surface area contributed by atoms with Crippen molar-refractivity contribution < 1.29 is 9.18 Å². The molecule has 4 nitrogen and oxygen atoms in total. The van der Waals surface area contributed by atoms with Crippen molar-refractivity contribution in [3.05, 3.63) is 70.7 Å². The third-order valence-corrected chi connectivity index (χ3v) is 6.02. The van der Waals surface area contributed by atoms with E-state index in [1.165, 1.54) is 23.3 Å². The Morgan fingerprint density at radius 3 is 2.89 bits per heavy atom. The summed E-state index contributed by atoms with van der Waals surface area (Å²) in [5, 5.41) is 0.670. The van der Waals surface area contributed by atoms with Crippen LogP contribution in [0.3, 0.4) is 0 Å². The van der Waals surface area contributed by atoms with Crippen molar-refractivity contribution in [3.8, 4) is 0 Å². The monoisotopic (exact) mass is 363 g/mol. The standard InChI is InChI=1S/C22H22FN3O/c1-14-21(18-12-16(23)6-7-19(18)24-14)22(27)26-11-10-25-9-8-15-4-2-3-5-17(15)20(25)13-26/h2-7,12,20,24H,8-11,13H2,1H3. The van der Waals surface area contributed by atoms with E-state index in [-0.39, 0.29) is 17.8 Å². The Morgan fingerprint density at radius 2 is 2.00 bits per heavy atom. The fourth-order valence-electron chi connectivity index (χ4n) is 4.65. The fraction of sp³-hybridized carbons (Fsp3) is 0.318. The zero-order chi connectivity index (χ0) is 18.5. The molecular formula is C22H22FN3O. The average molecular weight is 363 g/mol. The Kier molecular flexibility index (Phi) is 3.79. The second-order valence-corrected chi connectivity index (χ2v) is 7.57. The number of H-pyrrole nitrogens is 1. The Hall–Kier alpha value is -2.66. The van der Waals surface area contributed by atoms with E-state index in [1.54, 1.807) is 6.07 Å². The molecule has 1 unspecified atom stereocenters. The molecule has 0 spiro atoms. The molecule has 0 saturated carbocycles. The number of nitrogens with one attached hydrogen (secondary N) is 1. The summed E-state index contributed by atoms with van der Waals surface area (Å²) < 4.78 is 13.8. The number of aryl methyl sites for hydroxylation is 1. The lowest BCUT2D eigenvalue weighted by Gasteiger charge is -2.45. The summed E-state index contributed by atoms with van der Waals surface area (Å²) in [7, 11) is 0. The molecule has 2 aliphatic heterocycles. The lowest BCUT2D eigenvalue weighted by atomic mass is 9.90. The number of aromatic amines is 1. The molecule has 0 radical (unpaired) electrons. The molecule has 1 amide bonds. The number of hydrogen-bond acceptors (Lipinski definition) is 2. The molecule has 1 aromatic heterocycles. The van der Waals surface area contributed by atoms with Crippen molar-refractivity contribution >= 4 is 16.8 Å². The van der Waals surface area contributed by atoms with Crippen molar-refractivity contribution in [3.63, 3.8) is 0 Å². The number of aromatic nitrogens is 1. The normalized spacial score (nSPS) is 19.8. The first kappa shape index (κ1) is 16.5. The molecule has 27 heavy (non-hydrogen) atoms. The largest absolute Gasteiger partial charge is 0.358 e. The topological polar surface area (TPSA) is 39.3 Å². The van der Waals surface area contributed by atoms with Crippen LogP contribution in [0.4, 0.5) is 4.39 Å². The number of fused-ring (bicyclic) bond motifs is 4. The summed E-state index contributed by atoms with van der Waals surface area (Å²) in [6.07, 6.45) is 1.07. The Balaban J connectivity index is 1.49. The highest BCUT2D eigenvalue weighted by atomic mass is 19.1. The van der Waals surface area contributed by atoms with Crippen LogP contribution < -0.4 is 0 Å². The minimum Gasteiger partial charge on any atom is -0.358 e. The highest BCUT2D eigenvalue weighted by Crippen LogP contribution is 2.33. The predicted octanol–water partition coefficient (Wildman–Crippen LogP) is 3.67. The minimum absolute atomic E-state index is 0.00736. The maximum atomic E-state index is 13.8. The van der Waals surface area contributed by atoms with Crippen LogP contribution in [0, 0.1) is 12.7 Å². The lowest BCUT2D eigenvalue weighted by Crippen LogP contribution is -2.52. The van der Waals surface area contributed by atoms with E-state index in [4.69, 9.17) is 0 Å². The third-order valence-electron chi connectivity index (χ3n) is 6.02. The second kappa shape index (κ2) is 6.20. The first-order chi connectivity index (χ1) is 13.1. The van der Waals surface area contributed by atoms with Crippen LogP contribution in [0.1, 0.15) is 33.2 Å². The number of hydrogen-bond donors (Lipinski definition) is 1. The van der Waals surface area contributed by atoms with Crippen molar-refractivity contribution in [2.24, 2.45) is 0 Å². The van der Waals surface area contributed by atoms with Gasteiger partial charge < -0.3 is 9.88 Å². The van der Waals surface area contributed by atoms with Crippen LogP contribution in [0.2, 0.25) is 0 Å². The van der Waals surface area contributed by atoms with Crippen LogP contribution >= 0.6 is 0 Å². The van der Waals surface area contributed by atoms with Gasteiger partial charge in [0.25, 0.3) is 5.91 Å². The van der Waals surface area contributed by atoms with Gasteiger partial charge in [-0.05, 0) is 42.7 Å². The van der Waals surface area contributed by atoms with E-state index in [0.29, 0.717) is 24.0 Å². The maximum absolute atomic E-state index is 13.8. The summed E-state index contributed by atoms with van der Waals surface area (Å²) in [6.45, 7) is 5.19. The van der Waals surface area contributed by atoms with Crippen LogP contribution in [0.5, 0.6) is 0 Å². The van der Waals surface area contributed by atoms with Crippen LogP contribution in [-0.2, 0) is 6.42 Å².